The van der Waals surface area contributed by atoms with Crippen LogP contribution in [0.3, 0.4) is 0 Å². The number of guanidine groups is 1. The quantitative estimate of drug-likeness (QED) is 0.0462. The Morgan fingerprint density at radius 1 is 0.840 bits per heavy atom. The van der Waals surface area contributed by atoms with Gasteiger partial charge in [0.1, 0.15) is 17.8 Å². The molecule has 2 N–H and O–H groups in total. The van der Waals surface area contributed by atoms with Crippen LogP contribution in [0.5, 0.6) is 0 Å². The maximum atomic E-state index is 14.5. The molecule has 2 aliphatic rings. The molecule has 0 saturated carbocycles. The van der Waals surface area contributed by atoms with Crippen molar-refractivity contribution in [1.29, 1.82) is 0 Å². The van der Waals surface area contributed by atoms with Gasteiger partial charge in [0.2, 0.25) is 23.6 Å². The number of carbonyl (C=O) groups is 6. The van der Waals surface area contributed by atoms with Crippen LogP contribution in [0.15, 0.2) is 53.7 Å². The van der Waals surface area contributed by atoms with Crippen molar-refractivity contribution in [3.63, 3.8) is 0 Å². The van der Waals surface area contributed by atoms with Crippen LogP contribution in [0.25, 0.3) is 0 Å². The van der Waals surface area contributed by atoms with Gasteiger partial charge in [-0.15, -0.1) is 5.10 Å². The van der Waals surface area contributed by atoms with E-state index in [2.05, 4.69) is 34.8 Å². The lowest BCUT2D eigenvalue weighted by atomic mass is 9.89. The number of likely N-dealkylation sites (N-methyl/N-ethyl adjacent to an activating group) is 1. The van der Waals surface area contributed by atoms with Crippen LogP contribution in [-0.4, -0.2) is 219 Å². The highest BCUT2D eigenvalue weighted by Crippen LogP contribution is 2.30. The molecule has 418 valence electrons. The van der Waals surface area contributed by atoms with Gasteiger partial charge in [-0.05, 0) is 30.2 Å². The summed E-state index contributed by atoms with van der Waals surface area (Å²) in [5.41, 5.74) is 1.36. The molecule has 8 atom stereocenters. The number of benzene rings is 1. The summed E-state index contributed by atoms with van der Waals surface area (Å²) in [6.07, 6.45) is 5.16. The van der Waals surface area contributed by atoms with Crippen molar-refractivity contribution in [2.45, 2.75) is 116 Å². The number of nitrogens with one attached hydrogen (secondary N) is 2. The standard InChI is InChI=1S/C53H85N11O11/c1-13-37(4)48(61(10)52(70)47(36(2)3)56-53(59(6)7)60(8)9)43(71-11)33-46(67)63-24-17-20-42(63)49(72-12)38(5)50(68)55-41(32-39-18-15-14-16-19-39)51(69)54-23-26-73-28-30-75-31-29-74-27-25-62-34-40(57-58-62)35-64-44(65)21-22-45(64)66/h14-16,18-19,21-22,34,36-38,41-43,47-49H,13,17,20,23-33,35H2,1-12H3,(H,54,69)(H,55,68)/t37-,38+,41-,42-,43+,47?,48-,49+/m0/s1. The predicted octanol–water partition coefficient (Wildman–Crippen LogP) is 2.02. The number of ether oxygens (including phenoxy) is 5. The molecule has 22 heteroatoms. The van der Waals surface area contributed by atoms with E-state index in [1.54, 1.807) is 41.8 Å². The first-order chi connectivity index (χ1) is 35.8. The molecule has 1 fully saturated rings. The van der Waals surface area contributed by atoms with E-state index in [0.717, 1.165) is 23.3 Å². The lowest BCUT2D eigenvalue weighted by Crippen LogP contribution is -2.55. The molecule has 2 aromatic rings. The van der Waals surface area contributed by atoms with Gasteiger partial charge < -0.3 is 53.9 Å². The maximum Gasteiger partial charge on any atom is 0.253 e. The van der Waals surface area contributed by atoms with Gasteiger partial charge >= 0.3 is 0 Å². The maximum absolute atomic E-state index is 14.5. The van der Waals surface area contributed by atoms with Gasteiger partial charge in [0, 0.05) is 81.1 Å². The molecular weight excluding hydrogens is 967 g/mol. The topological polar surface area (TPSA) is 232 Å². The fraction of sp³-hybridized carbons (Fsp3) is 0.679. The van der Waals surface area contributed by atoms with Crippen molar-refractivity contribution in [2.75, 3.05) is 102 Å². The summed E-state index contributed by atoms with van der Waals surface area (Å²) in [5, 5.41) is 13.9. The van der Waals surface area contributed by atoms with Crippen LogP contribution in [0.1, 0.15) is 71.6 Å². The van der Waals surface area contributed by atoms with Crippen LogP contribution in [0, 0.1) is 17.8 Å². The predicted molar refractivity (Wildman–Crippen MR) is 282 cm³/mol. The summed E-state index contributed by atoms with van der Waals surface area (Å²) in [5.74, 6) is -1.99. The van der Waals surface area contributed by atoms with Gasteiger partial charge in [0.05, 0.1) is 95.6 Å². The molecular formula is C53H85N11O11. The van der Waals surface area contributed by atoms with E-state index >= 15 is 0 Å². The highest BCUT2D eigenvalue weighted by Gasteiger charge is 2.43. The molecule has 6 amide bonds. The van der Waals surface area contributed by atoms with Gasteiger partial charge in [-0.1, -0.05) is 76.6 Å². The lowest BCUT2D eigenvalue weighted by Gasteiger charge is -2.40. The minimum Gasteiger partial charge on any atom is -0.379 e. The Morgan fingerprint density at radius 3 is 2.05 bits per heavy atom. The smallest absolute Gasteiger partial charge is 0.253 e. The number of likely N-dealkylation sites (tertiary alicyclic amines) is 1. The number of methoxy groups -OCH3 is 2. The zero-order valence-corrected chi connectivity index (χ0v) is 46.4. The second-order valence-corrected chi connectivity index (χ2v) is 19.9. The van der Waals surface area contributed by atoms with Crippen LogP contribution in [-0.2, 0) is 72.0 Å². The fourth-order valence-corrected chi connectivity index (χ4v) is 9.46. The van der Waals surface area contributed by atoms with E-state index in [-0.39, 0.29) is 79.8 Å². The van der Waals surface area contributed by atoms with E-state index < -0.39 is 42.3 Å². The largest absolute Gasteiger partial charge is 0.379 e. The Balaban J connectivity index is 1.27. The lowest BCUT2D eigenvalue weighted by molar-refractivity contribution is -0.146. The third-order valence-corrected chi connectivity index (χ3v) is 13.7. The Morgan fingerprint density at radius 2 is 1.47 bits per heavy atom. The van der Waals surface area contributed by atoms with E-state index in [4.69, 9.17) is 28.7 Å². The van der Waals surface area contributed by atoms with E-state index in [1.807, 2.05) is 82.2 Å². The third kappa shape index (κ3) is 18.5. The summed E-state index contributed by atoms with van der Waals surface area (Å²) in [6, 6.07) is 7.03. The second kappa shape index (κ2) is 31.3. The molecule has 2 aliphatic heterocycles. The van der Waals surface area contributed by atoms with Gasteiger partial charge in [0.15, 0.2) is 5.96 Å². The minimum absolute atomic E-state index is 0.0110. The fourth-order valence-electron chi connectivity index (χ4n) is 9.46. The van der Waals surface area contributed by atoms with Crippen molar-refractivity contribution in [3.05, 3.63) is 59.9 Å². The average molecular weight is 1050 g/mol. The molecule has 1 saturated heterocycles. The number of aliphatic imine (C=N–C) groups is 1. The van der Waals surface area contributed by atoms with E-state index in [9.17, 15) is 28.8 Å². The average Bonchev–Trinajstić information content (AvgIpc) is 4.14. The molecule has 1 aromatic heterocycles. The van der Waals surface area contributed by atoms with Gasteiger partial charge in [-0.2, -0.15) is 0 Å². The summed E-state index contributed by atoms with van der Waals surface area (Å²) < 4.78 is 30.6. The Bertz CT molecular complexity index is 2160. The van der Waals surface area contributed by atoms with Crippen molar-refractivity contribution >= 4 is 41.4 Å². The monoisotopic (exact) mass is 1050 g/mol. The number of carbonyl (C=O) groups excluding carboxylic acids is 6. The van der Waals surface area contributed by atoms with Crippen LogP contribution < -0.4 is 10.6 Å². The molecule has 0 bridgehead atoms. The van der Waals surface area contributed by atoms with Crippen molar-refractivity contribution in [3.8, 4) is 0 Å². The Hall–Kier alpha value is -5.81. The number of hydrogen-bond acceptors (Lipinski definition) is 14. The summed E-state index contributed by atoms with van der Waals surface area (Å²) in [4.78, 5) is 93.5. The number of hydrogen-bond donors (Lipinski definition) is 2. The SMILES string of the molecule is CC[C@H](C)[C@@H]([C@@H](CC(=O)N1CCC[C@H]1[C@H](OC)[C@@H](C)C(=O)N[C@@H](Cc1ccccc1)C(=O)NCCOCCOCCOCCn1cc(CN2C(=O)C=CC2=O)nn1)OC)N(C)C(=O)C(N=C(N(C)C)N(C)C)C(C)C. The highest BCUT2D eigenvalue weighted by molar-refractivity contribution is 6.12. The molecule has 75 heavy (non-hydrogen) atoms. The second-order valence-electron chi connectivity index (χ2n) is 19.9. The summed E-state index contributed by atoms with van der Waals surface area (Å²) in [6.45, 7) is 12.9. The number of rotatable bonds is 32. The molecule has 1 unspecified atom stereocenters. The summed E-state index contributed by atoms with van der Waals surface area (Å²) >= 11 is 0. The Labute approximate surface area is 443 Å². The number of aromatic nitrogens is 3. The zero-order valence-electron chi connectivity index (χ0n) is 46.4. The Kier molecular flexibility index (Phi) is 25.8. The molecule has 1 aromatic carbocycles. The summed E-state index contributed by atoms with van der Waals surface area (Å²) in [7, 11) is 12.5. The first-order valence-corrected chi connectivity index (χ1v) is 26.1. The van der Waals surface area contributed by atoms with E-state index in [1.165, 1.54) is 19.3 Å². The molecule has 4 rings (SSSR count). The molecule has 22 nitrogen and oxygen atoms in total. The third-order valence-electron chi connectivity index (χ3n) is 13.7. The van der Waals surface area contributed by atoms with E-state index in [0.29, 0.717) is 64.2 Å². The normalized spacial score (nSPS) is 17.3. The first kappa shape index (κ1) is 61.7. The first-order valence-electron chi connectivity index (χ1n) is 26.1. The van der Waals surface area contributed by atoms with Crippen molar-refractivity contribution in [2.24, 2.45) is 22.7 Å². The number of amides is 6. The van der Waals surface area contributed by atoms with Crippen LogP contribution in [0.2, 0.25) is 0 Å². The van der Waals surface area contributed by atoms with Gasteiger partial charge in [0.25, 0.3) is 11.8 Å². The number of imide groups is 1. The van der Waals surface area contributed by atoms with Crippen LogP contribution in [0.4, 0.5) is 0 Å². The molecule has 3 heterocycles. The van der Waals surface area contributed by atoms with Crippen molar-refractivity contribution in [1.82, 2.24) is 50.1 Å². The zero-order chi connectivity index (χ0) is 55.2. The minimum atomic E-state index is -0.905. The molecule has 0 spiro atoms. The van der Waals surface area contributed by atoms with Gasteiger partial charge in [-0.25, -0.2) is 9.67 Å². The molecule has 0 aliphatic carbocycles. The van der Waals surface area contributed by atoms with Gasteiger partial charge in [-0.3, -0.25) is 33.7 Å². The van der Waals surface area contributed by atoms with Crippen LogP contribution >= 0.6 is 0 Å². The molecule has 0 radical (unpaired) electrons. The number of nitrogens with zero attached hydrogens (tertiary/aromatic N) is 9. The van der Waals surface area contributed by atoms with Crippen molar-refractivity contribution < 1.29 is 52.5 Å². The highest BCUT2D eigenvalue weighted by atomic mass is 16.5.